The molecule has 0 radical (unpaired) electrons. The lowest BCUT2D eigenvalue weighted by molar-refractivity contribution is 0.0941. The molecular weight excluding hydrogens is 311 g/mol. The van der Waals surface area contributed by atoms with E-state index in [9.17, 15) is 9.18 Å². The van der Waals surface area contributed by atoms with Crippen LogP contribution in [0.25, 0.3) is 11.3 Å². The summed E-state index contributed by atoms with van der Waals surface area (Å²) < 4.78 is 24.0. The maximum absolute atomic E-state index is 13.7. The highest BCUT2D eigenvalue weighted by molar-refractivity contribution is 5.93. The summed E-state index contributed by atoms with van der Waals surface area (Å²) in [4.78, 5) is 12.2. The molecule has 24 heavy (non-hydrogen) atoms. The molecule has 2 aromatic carbocycles. The van der Waals surface area contributed by atoms with Crippen LogP contribution in [0.1, 0.15) is 16.1 Å². The average molecular weight is 326 g/mol. The summed E-state index contributed by atoms with van der Waals surface area (Å²) in [6.45, 7) is 0.282. The van der Waals surface area contributed by atoms with Crippen molar-refractivity contribution in [3.05, 3.63) is 71.7 Å². The summed E-state index contributed by atoms with van der Waals surface area (Å²) in [5.74, 6) is 0.0439. The predicted molar refractivity (Wildman–Crippen MR) is 86.1 cm³/mol. The van der Waals surface area contributed by atoms with Gasteiger partial charge in [0.1, 0.15) is 11.6 Å². The van der Waals surface area contributed by atoms with Crippen molar-refractivity contribution >= 4 is 5.91 Å². The van der Waals surface area contributed by atoms with Crippen LogP contribution in [-0.2, 0) is 6.54 Å². The standard InChI is InChI=1S/C18H15FN2O3/c1-23-16-9-5-2-6-12(16)11-20-18(22)15-10-17(24-21-15)13-7-3-4-8-14(13)19/h2-10H,11H2,1H3,(H,20,22). The normalized spacial score (nSPS) is 10.4. The third kappa shape index (κ3) is 3.27. The quantitative estimate of drug-likeness (QED) is 0.780. The zero-order chi connectivity index (χ0) is 16.9. The molecule has 0 saturated heterocycles. The minimum absolute atomic E-state index is 0.0863. The second-order valence-corrected chi connectivity index (χ2v) is 5.05. The number of benzene rings is 2. The number of para-hydroxylation sites is 1. The Morgan fingerprint density at radius 2 is 1.96 bits per heavy atom. The SMILES string of the molecule is COc1ccccc1CNC(=O)c1cc(-c2ccccc2F)on1. The van der Waals surface area contributed by atoms with Crippen LogP contribution in [0.5, 0.6) is 5.75 Å². The Balaban J connectivity index is 1.71. The molecule has 0 saturated carbocycles. The number of methoxy groups -OCH3 is 1. The van der Waals surface area contributed by atoms with E-state index in [2.05, 4.69) is 10.5 Å². The van der Waals surface area contributed by atoms with Crippen LogP contribution in [-0.4, -0.2) is 18.2 Å². The first-order valence-corrected chi connectivity index (χ1v) is 7.30. The molecule has 122 valence electrons. The third-order valence-electron chi connectivity index (χ3n) is 3.51. The fraction of sp³-hybridized carbons (Fsp3) is 0.111. The summed E-state index contributed by atoms with van der Waals surface area (Å²) in [5, 5.41) is 6.44. The Hall–Kier alpha value is -3.15. The second-order valence-electron chi connectivity index (χ2n) is 5.05. The number of carbonyl (C=O) groups is 1. The number of hydrogen-bond donors (Lipinski definition) is 1. The summed E-state index contributed by atoms with van der Waals surface area (Å²) in [7, 11) is 1.57. The van der Waals surface area contributed by atoms with Crippen LogP contribution in [0, 0.1) is 5.82 Å². The maximum Gasteiger partial charge on any atom is 0.273 e. The first-order chi connectivity index (χ1) is 11.7. The van der Waals surface area contributed by atoms with E-state index in [0.29, 0.717) is 5.75 Å². The molecule has 1 aromatic heterocycles. The number of nitrogens with one attached hydrogen (secondary N) is 1. The van der Waals surface area contributed by atoms with Crippen molar-refractivity contribution in [3.8, 4) is 17.1 Å². The minimum atomic E-state index is -0.436. The van der Waals surface area contributed by atoms with E-state index in [4.69, 9.17) is 9.26 Å². The van der Waals surface area contributed by atoms with Gasteiger partial charge in [-0.15, -0.1) is 0 Å². The Morgan fingerprint density at radius 1 is 1.21 bits per heavy atom. The topological polar surface area (TPSA) is 64.4 Å². The summed E-state index contributed by atoms with van der Waals surface area (Å²) in [5.41, 5.74) is 1.18. The molecule has 0 unspecified atom stereocenters. The van der Waals surface area contributed by atoms with E-state index in [1.807, 2.05) is 24.3 Å². The largest absolute Gasteiger partial charge is 0.496 e. The van der Waals surface area contributed by atoms with Crippen molar-refractivity contribution in [1.82, 2.24) is 10.5 Å². The molecule has 3 aromatic rings. The number of aromatic nitrogens is 1. The van der Waals surface area contributed by atoms with Gasteiger partial charge >= 0.3 is 0 Å². The van der Waals surface area contributed by atoms with Gasteiger partial charge in [-0.1, -0.05) is 35.5 Å². The Bertz CT molecular complexity index is 861. The van der Waals surface area contributed by atoms with Gasteiger partial charge in [-0.2, -0.15) is 0 Å². The van der Waals surface area contributed by atoms with Gasteiger partial charge in [0.15, 0.2) is 11.5 Å². The number of carbonyl (C=O) groups excluding carboxylic acids is 1. The van der Waals surface area contributed by atoms with E-state index in [1.165, 1.54) is 12.1 Å². The van der Waals surface area contributed by atoms with Gasteiger partial charge in [-0.25, -0.2) is 4.39 Å². The average Bonchev–Trinajstić information content (AvgIpc) is 3.10. The minimum Gasteiger partial charge on any atom is -0.496 e. The van der Waals surface area contributed by atoms with Crippen molar-refractivity contribution in [1.29, 1.82) is 0 Å². The third-order valence-corrected chi connectivity index (χ3v) is 3.51. The highest BCUT2D eigenvalue weighted by Gasteiger charge is 2.16. The highest BCUT2D eigenvalue weighted by atomic mass is 19.1. The molecule has 0 spiro atoms. The molecule has 6 heteroatoms. The van der Waals surface area contributed by atoms with Gasteiger partial charge in [0.2, 0.25) is 0 Å². The number of rotatable bonds is 5. The summed E-state index contributed by atoms with van der Waals surface area (Å²) in [6, 6.07) is 14.9. The zero-order valence-electron chi connectivity index (χ0n) is 13.0. The van der Waals surface area contributed by atoms with Gasteiger partial charge in [-0.05, 0) is 18.2 Å². The fourth-order valence-corrected chi connectivity index (χ4v) is 2.29. The highest BCUT2D eigenvalue weighted by Crippen LogP contribution is 2.23. The molecule has 3 rings (SSSR count). The molecule has 1 amide bonds. The van der Waals surface area contributed by atoms with Gasteiger partial charge in [0, 0.05) is 18.2 Å². The van der Waals surface area contributed by atoms with Crippen LogP contribution < -0.4 is 10.1 Å². The maximum atomic E-state index is 13.7. The van der Waals surface area contributed by atoms with Crippen molar-refractivity contribution < 1.29 is 18.4 Å². The van der Waals surface area contributed by atoms with E-state index in [0.717, 1.165) is 5.56 Å². The lowest BCUT2D eigenvalue weighted by Gasteiger charge is -2.08. The van der Waals surface area contributed by atoms with E-state index >= 15 is 0 Å². The van der Waals surface area contributed by atoms with Crippen LogP contribution >= 0.6 is 0 Å². The molecule has 0 aliphatic rings. The lowest BCUT2D eigenvalue weighted by Crippen LogP contribution is -2.23. The fourth-order valence-electron chi connectivity index (χ4n) is 2.29. The van der Waals surface area contributed by atoms with Crippen molar-refractivity contribution in [2.45, 2.75) is 6.54 Å². The molecular formula is C18H15FN2O3. The molecule has 0 bridgehead atoms. The molecule has 0 aliphatic carbocycles. The Morgan fingerprint density at radius 3 is 2.75 bits per heavy atom. The molecule has 0 fully saturated rings. The van der Waals surface area contributed by atoms with Crippen molar-refractivity contribution in [2.75, 3.05) is 7.11 Å². The van der Waals surface area contributed by atoms with E-state index in [-0.39, 0.29) is 23.6 Å². The van der Waals surface area contributed by atoms with Gasteiger partial charge in [0.05, 0.1) is 12.7 Å². The van der Waals surface area contributed by atoms with Crippen molar-refractivity contribution in [2.24, 2.45) is 0 Å². The van der Waals surface area contributed by atoms with E-state index in [1.54, 1.807) is 25.3 Å². The van der Waals surface area contributed by atoms with Gasteiger partial charge in [-0.3, -0.25) is 4.79 Å². The van der Waals surface area contributed by atoms with Crippen LogP contribution in [0.4, 0.5) is 4.39 Å². The number of hydrogen-bond acceptors (Lipinski definition) is 4. The summed E-state index contributed by atoms with van der Waals surface area (Å²) in [6.07, 6.45) is 0. The van der Waals surface area contributed by atoms with Gasteiger partial charge in [0.25, 0.3) is 5.91 Å². The zero-order valence-corrected chi connectivity index (χ0v) is 13.0. The number of halogens is 1. The molecule has 1 N–H and O–H groups in total. The Labute approximate surface area is 138 Å². The monoisotopic (exact) mass is 326 g/mol. The molecule has 1 heterocycles. The van der Waals surface area contributed by atoms with E-state index < -0.39 is 11.7 Å². The van der Waals surface area contributed by atoms with Crippen LogP contribution in [0.2, 0.25) is 0 Å². The van der Waals surface area contributed by atoms with Crippen LogP contribution in [0.3, 0.4) is 0 Å². The number of nitrogens with zero attached hydrogens (tertiary/aromatic N) is 1. The van der Waals surface area contributed by atoms with Crippen molar-refractivity contribution in [3.63, 3.8) is 0 Å². The number of amides is 1. The molecule has 0 aliphatic heterocycles. The smallest absolute Gasteiger partial charge is 0.273 e. The Kier molecular flexibility index (Phi) is 4.56. The van der Waals surface area contributed by atoms with Gasteiger partial charge < -0.3 is 14.6 Å². The number of ether oxygens (including phenoxy) is 1. The molecule has 5 nitrogen and oxygen atoms in total. The first kappa shape index (κ1) is 15.7. The van der Waals surface area contributed by atoms with Crippen LogP contribution in [0.15, 0.2) is 59.1 Å². The summed E-state index contributed by atoms with van der Waals surface area (Å²) >= 11 is 0. The predicted octanol–water partition coefficient (Wildman–Crippen LogP) is 3.42. The first-order valence-electron chi connectivity index (χ1n) is 7.30. The molecule has 0 atom stereocenters. The second kappa shape index (κ2) is 6.95. The lowest BCUT2D eigenvalue weighted by atomic mass is 10.1.